The van der Waals surface area contributed by atoms with Crippen molar-refractivity contribution in [3.8, 4) is 0 Å². The summed E-state index contributed by atoms with van der Waals surface area (Å²) in [6.45, 7) is 7.44. The van der Waals surface area contributed by atoms with Crippen LogP contribution in [-0.2, 0) is 19.1 Å². The molecule has 0 spiro atoms. The Morgan fingerprint density at radius 2 is 2.00 bits per heavy atom. The Bertz CT molecular complexity index is 386. The molecule has 0 radical (unpaired) electrons. The van der Waals surface area contributed by atoms with Crippen molar-refractivity contribution in [2.75, 3.05) is 19.7 Å². The minimum absolute atomic E-state index is 0.00911. The first kappa shape index (κ1) is 16.5. The van der Waals surface area contributed by atoms with Gasteiger partial charge in [0.25, 0.3) is 0 Å². The number of nitrogens with zero attached hydrogens (tertiary/aromatic N) is 1. The van der Waals surface area contributed by atoms with E-state index in [2.05, 4.69) is 0 Å². The van der Waals surface area contributed by atoms with Crippen molar-refractivity contribution < 1.29 is 23.9 Å². The van der Waals surface area contributed by atoms with Gasteiger partial charge in [0.2, 0.25) is 0 Å². The number of esters is 1. The topological polar surface area (TPSA) is 72.9 Å². The molecule has 0 saturated carbocycles. The normalized spacial score (nSPS) is 20.3. The summed E-state index contributed by atoms with van der Waals surface area (Å²) in [5.41, 5.74) is -0.633. The molecule has 0 bridgehead atoms. The summed E-state index contributed by atoms with van der Waals surface area (Å²) < 4.78 is 10.2. The summed E-state index contributed by atoms with van der Waals surface area (Å²) in [4.78, 5) is 36.8. The van der Waals surface area contributed by atoms with Gasteiger partial charge in [0, 0.05) is 13.0 Å². The van der Waals surface area contributed by atoms with Gasteiger partial charge in [-0.3, -0.25) is 9.59 Å². The standard InChI is InChI=1S/C14H23NO5/c1-5-19-12(17)10-6-7-11(16)9-15(8-10)13(18)20-14(2,3)4/h10H,5-9H2,1-4H3. The van der Waals surface area contributed by atoms with Crippen LogP contribution >= 0.6 is 0 Å². The molecule has 1 amide bonds. The van der Waals surface area contributed by atoms with Crippen LogP contribution in [-0.4, -0.2) is 48.0 Å². The number of carbonyl (C=O) groups is 3. The maximum absolute atomic E-state index is 12.0. The van der Waals surface area contributed by atoms with Crippen molar-refractivity contribution >= 4 is 17.8 Å². The fourth-order valence-electron chi connectivity index (χ4n) is 1.97. The second-order valence-electron chi connectivity index (χ2n) is 5.89. The molecule has 1 saturated heterocycles. The number of ketones is 1. The van der Waals surface area contributed by atoms with Gasteiger partial charge >= 0.3 is 12.1 Å². The van der Waals surface area contributed by atoms with Crippen molar-refractivity contribution in [2.24, 2.45) is 5.92 Å². The third-order valence-electron chi connectivity index (χ3n) is 2.85. The average Bonchev–Trinajstić information content (AvgIpc) is 2.49. The molecule has 0 aromatic heterocycles. The Morgan fingerprint density at radius 1 is 1.35 bits per heavy atom. The summed E-state index contributed by atoms with van der Waals surface area (Å²) in [6, 6.07) is 0. The fourth-order valence-corrected chi connectivity index (χ4v) is 1.97. The Morgan fingerprint density at radius 3 is 2.55 bits per heavy atom. The molecule has 0 aromatic rings. The van der Waals surface area contributed by atoms with Crippen LogP contribution in [0.25, 0.3) is 0 Å². The summed E-state index contributed by atoms with van der Waals surface area (Å²) in [5.74, 6) is -0.896. The van der Waals surface area contributed by atoms with Gasteiger partial charge in [-0.2, -0.15) is 0 Å². The van der Waals surface area contributed by atoms with E-state index in [0.717, 1.165) is 0 Å². The van der Waals surface area contributed by atoms with Crippen molar-refractivity contribution in [1.82, 2.24) is 4.90 Å². The Labute approximate surface area is 119 Å². The first-order valence-corrected chi connectivity index (χ1v) is 6.89. The molecule has 114 valence electrons. The van der Waals surface area contributed by atoms with Crippen molar-refractivity contribution in [3.05, 3.63) is 0 Å². The maximum Gasteiger partial charge on any atom is 0.410 e. The second kappa shape index (κ2) is 6.72. The number of likely N-dealkylation sites (tertiary alicyclic amines) is 1. The molecular weight excluding hydrogens is 262 g/mol. The van der Waals surface area contributed by atoms with Crippen LogP contribution < -0.4 is 0 Å². The first-order chi connectivity index (χ1) is 9.23. The van der Waals surface area contributed by atoms with Crippen LogP contribution in [0.3, 0.4) is 0 Å². The molecule has 0 aromatic carbocycles. The lowest BCUT2D eigenvalue weighted by Crippen LogP contribution is -2.42. The number of hydrogen-bond acceptors (Lipinski definition) is 5. The van der Waals surface area contributed by atoms with Gasteiger partial charge in [0.05, 0.1) is 19.1 Å². The van der Waals surface area contributed by atoms with Crippen LogP contribution in [0.4, 0.5) is 4.79 Å². The van der Waals surface area contributed by atoms with Crippen molar-refractivity contribution in [1.29, 1.82) is 0 Å². The molecular formula is C14H23NO5. The molecule has 1 aliphatic rings. The second-order valence-corrected chi connectivity index (χ2v) is 5.89. The summed E-state index contributed by atoms with van der Waals surface area (Å²) in [6.07, 6.45) is 0.127. The van der Waals surface area contributed by atoms with Crippen LogP contribution in [0.2, 0.25) is 0 Å². The van der Waals surface area contributed by atoms with E-state index in [1.807, 2.05) is 0 Å². The van der Waals surface area contributed by atoms with E-state index in [0.29, 0.717) is 6.42 Å². The van der Waals surface area contributed by atoms with Crippen molar-refractivity contribution in [3.63, 3.8) is 0 Å². The highest BCUT2D eigenvalue weighted by molar-refractivity contribution is 5.86. The first-order valence-electron chi connectivity index (χ1n) is 6.89. The smallest absolute Gasteiger partial charge is 0.410 e. The molecule has 6 heteroatoms. The molecule has 6 nitrogen and oxygen atoms in total. The van der Waals surface area contributed by atoms with Gasteiger partial charge < -0.3 is 14.4 Å². The number of carbonyl (C=O) groups excluding carboxylic acids is 3. The monoisotopic (exact) mass is 285 g/mol. The van der Waals surface area contributed by atoms with E-state index < -0.39 is 17.6 Å². The Hall–Kier alpha value is -1.59. The zero-order valence-electron chi connectivity index (χ0n) is 12.6. The molecule has 0 aliphatic carbocycles. The molecule has 1 atom stereocenters. The SMILES string of the molecule is CCOC(=O)C1CCC(=O)CN(C(=O)OC(C)(C)C)C1. The molecule has 1 rings (SSSR count). The Balaban J connectivity index is 2.75. The summed E-state index contributed by atoms with van der Waals surface area (Å²) in [5, 5.41) is 0. The molecule has 1 aliphatic heterocycles. The number of Topliss-reactive ketones (excluding diaryl/α,β-unsaturated/α-hetero) is 1. The molecule has 1 unspecified atom stereocenters. The lowest BCUT2D eigenvalue weighted by molar-refractivity contribution is -0.148. The minimum atomic E-state index is -0.633. The number of amides is 1. The van der Waals surface area contributed by atoms with E-state index >= 15 is 0 Å². The zero-order chi connectivity index (χ0) is 15.3. The average molecular weight is 285 g/mol. The van der Waals surface area contributed by atoms with Crippen LogP contribution in [0, 0.1) is 5.92 Å². The predicted octanol–water partition coefficient (Wildman–Crippen LogP) is 1.77. The van der Waals surface area contributed by atoms with E-state index in [1.54, 1.807) is 27.7 Å². The molecule has 1 fully saturated rings. The van der Waals surface area contributed by atoms with Crippen molar-refractivity contribution in [2.45, 2.75) is 46.1 Å². The van der Waals surface area contributed by atoms with Gasteiger partial charge in [0.1, 0.15) is 5.60 Å². The van der Waals surface area contributed by atoms with Crippen LogP contribution in [0.5, 0.6) is 0 Å². The van der Waals surface area contributed by atoms with Gasteiger partial charge in [-0.05, 0) is 34.1 Å². The maximum atomic E-state index is 12.0. The molecule has 20 heavy (non-hydrogen) atoms. The highest BCUT2D eigenvalue weighted by Crippen LogP contribution is 2.19. The third kappa shape index (κ3) is 5.19. The lowest BCUT2D eigenvalue weighted by Gasteiger charge is -2.27. The lowest BCUT2D eigenvalue weighted by atomic mass is 10.0. The van der Waals surface area contributed by atoms with Crippen LogP contribution in [0.15, 0.2) is 0 Å². The Kier molecular flexibility index (Phi) is 5.53. The zero-order valence-corrected chi connectivity index (χ0v) is 12.6. The number of hydrogen-bond donors (Lipinski definition) is 0. The van der Waals surface area contributed by atoms with E-state index in [1.165, 1.54) is 4.90 Å². The van der Waals surface area contributed by atoms with Gasteiger partial charge in [-0.1, -0.05) is 0 Å². The molecule has 0 N–H and O–H groups in total. The fraction of sp³-hybridized carbons (Fsp3) is 0.786. The van der Waals surface area contributed by atoms with E-state index in [4.69, 9.17) is 9.47 Å². The largest absolute Gasteiger partial charge is 0.466 e. The van der Waals surface area contributed by atoms with Gasteiger partial charge in [-0.25, -0.2) is 4.79 Å². The van der Waals surface area contributed by atoms with E-state index in [-0.39, 0.29) is 37.9 Å². The predicted molar refractivity (Wildman–Crippen MR) is 72.2 cm³/mol. The highest BCUT2D eigenvalue weighted by atomic mass is 16.6. The number of ether oxygens (including phenoxy) is 2. The third-order valence-corrected chi connectivity index (χ3v) is 2.85. The number of rotatable bonds is 2. The minimum Gasteiger partial charge on any atom is -0.466 e. The van der Waals surface area contributed by atoms with E-state index in [9.17, 15) is 14.4 Å². The van der Waals surface area contributed by atoms with Gasteiger partial charge in [0.15, 0.2) is 5.78 Å². The summed E-state index contributed by atoms with van der Waals surface area (Å²) in [7, 11) is 0. The molecule has 1 heterocycles. The summed E-state index contributed by atoms with van der Waals surface area (Å²) >= 11 is 0. The highest BCUT2D eigenvalue weighted by Gasteiger charge is 2.32. The van der Waals surface area contributed by atoms with Gasteiger partial charge in [-0.15, -0.1) is 0 Å². The quantitative estimate of drug-likeness (QED) is 0.723. The van der Waals surface area contributed by atoms with Crippen LogP contribution in [0.1, 0.15) is 40.5 Å².